The molecule has 3 aromatic rings. The van der Waals surface area contributed by atoms with Gasteiger partial charge in [0, 0.05) is 19.3 Å². The van der Waals surface area contributed by atoms with Gasteiger partial charge in [-0.25, -0.2) is 9.48 Å². The van der Waals surface area contributed by atoms with E-state index in [0.717, 1.165) is 5.56 Å². The Morgan fingerprint density at radius 3 is 2.72 bits per heavy atom. The monoisotopic (exact) mass is 396 g/mol. The second-order valence-electron chi connectivity index (χ2n) is 8.12. The number of amides is 1. The highest BCUT2D eigenvalue weighted by atomic mass is 16.5. The van der Waals surface area contributed by atoms with Gasteiger partial charge in [-0.2, -0.15) is 0 Å². The van der Waals surface area contributed by atoms with Crippen molar-refractivity contribution in [2.75, 3.05) is 6.54 Å². The van der Waals surface area contributed by atoms with Crippen molar-refractivity contribution in [2.24, 2.45) is 0 Å². The largest absolute Gasteiger partial charge is 0.481 e. The molecule has 2 heterocycles. The number of aryl methyl sites for hydroxylation is 1. The van der Waals surface area contributed by atoms with Crippen molar-refractivity contribution in [3.8, 4) is 5.75 Å². The number of ether oxygens (including phenoxy) is 1. The van der Waals surface area contributed by atoms with Gasteiger partial charge in [-0.05, 0) is 48.6 Å². The standard InChI is InChI=1S/C22H28N4O3/c1-16(29-18-10-7-9-17(15-18)22(2,3)4)20(27)23-12-8-14-26-21(28)25-13-6-5-11-19(25)24-26/h5-7,9-11,13,15-16H,8,12,14H2,1-4H3,(H,23,27). The Hall–Kier alpha value is -3.09. The lowest BCUT2D eigenvalue weighted by molar-refractivity contribution is -0.127. The number of aromatic nitrogens is 3. The lowest BCUT2D eigenvalue weighted by Gasteiger charge is -2.21. The molecule has 7 heteroatoms. The number of fused-ring (bicyclic) bond motifs is 1. The third-order valence-corrected chi connectivity index (χ3v) is 4.72. The highest BCUT2D eigenvalue weighted by Crippen LogP contribution is 2.26. The summed E-state index contributed by atoms with van der Waals surface area (Å²) >= 11 is 0. The minimum absolute atomic E-state index is 0.0148. The summed E-state index contributed by atoms with van der Waals surface area (Å²) in [5.74, 6) is 0.491. The van der Waals surface area contributed by atoms with Crippen LogP contribution < -0.4 is 15.7 Å². The molecule has 1 aromatic carbocycles. The Balaban J connectivity index is 1.49. The number of nitrogens with zero attached hydrogens (tertiary/aromatic N) is 3. The van der Waals surface area contributed by atoms with E-state index >= 15 is 0 Å². The second kappa shape index (κ2) is 8.51. The molecule has 1 N–H and O–H groups in total. The summed E-state index contributed by atoms with van der Waals surface area (Å²) in [4.78, 5) is 24.5. The molecule has 1 amide bonds. The van der Waals surface area contributed by atoms with Crippen molar-refractivity contribution >= 4 is 11.6 Å². The van der Waals surface area contributed by atoms with E-state index < -0.39 is 6.10 Å². The Morgan fingerprint density at radius 2 is 2.00 bits per heavy atom. The van der Waals surface area contributed by atoms with Crippen molar-refractivity contribution in [1.82, 2.24) is 19.5 Å². The Kier molecular flexibility index (Phi) is 6.06. The molecule has 1 atom stereocenters. The van der Waals surface area contributed by atoms with E-state index in [9.17, 15) is 9.59 Å². The van der Waals surface area contributed by atoms with Crippen LogP contribution in [0, 0.1) is 0 Å². The van der Waals surface area contributed by atoms with Crippen LogP contribution >= 0.6 is 0 Å². The molecule has 29 heavy (non-hydrogen) atoms. The Bertz CT molecular complexity index is 1050. The Morgan fingerprint density at radius 1 is 1.21 bits per heavy atom. The van der Waals surface area contributed by atoms with Crippen molar-refractivity contribution in [3.63, 3.8) is 0 Å². The van der Waals surface area contributed by atoms with Gasteiger partial charge in [0.15, 0.2) is 11.8 Å². The minimum atomic E-state index is -0.608. The first-order chi connectivity index (χ1) is 13.8. The van der Waals surface area contributed by atoms with E-state index in [1.54, 1.807) is 25.3 Å². The fraction of sp³-hybridized carbons (Fsp3) is 0.409. The van der Waals surface area contributed by atoms with Gasteiger partial charge in [0.25, 0.3) is 5.91 Å². The zero-order valence-corrected chi connectivity index (χ0v) is 17.4. The van der Waals surface area contributed by atoms with Crippen LogP contribution in [0.1, 0.15) is 39.7 Å². The quantitative estimate of drug-likeness (QED) is 0.623. The van der Waals surface area contributed by atoms with Crippen molar-refractivity contribution in [2.45, 2.75) is 52.2 Å². The summed E-state index contributed by atoms with van der Waals surface area (Å²) in [5, 5.41) is 7.13. The molecule has 0 spiro atoms. The van der Waals surface area contributed by atoms with Crippen LogP contribution in [0.5, 0.6) is 5.75 Å². The van der Waals surface area contributed by atoms with E-state index in [4.69, 9.17) is 4.74 Å². The van der Waals surface area contributed by atoms with Crippen LogP contribution in [0.25, 0.3) is 5.65 Å². The minimum Gasteiger partial charge on any atom is -0.481 e. The van der Waals surface area contributed by atoms with Gasteiger partial charge in [-0.3, -0.25) is 9.20 Å². The first kappa shape index (κ1) is 20.6. The Labute approximate surface area is 170 Å². The van der Waals surface area contributed by atoms with Crippen LogP contribution in [0.4, 0.5) is 0 Å². The van der Waals surface area contributed by atoms with E-state index in [-0.39, 0.29) is 17.0 Å². The summed E-state index contributed by atoms with van der Waals surface area (Å²) in [5.41, 5.74) is 1.60. The highest BCUT2D eigenvalue weighted by Gasteiger charge is 2.17. The van der Waals surface area contributed by atoms with Crippen LogP contribution in [0.2, 0.25) is 0 Å². The maximum absolute atomic E-state index is 12.3. The fourth-order valence-corrected chi connectivity index (χ4v) is 2.99. The predicted octanol–water partition coefficient (Wildman–Crippen LogP) is 2.77. The molecule has 0 radical (unpaired) electrons. The topological polar surface area (TPSA) is 77.6 Å². The van der Waals surface area contributed by atoms with Crippen LogP contribution in [-0.4, -0.2) is 32.7 Å². The fourth-order valence-electron chi connectivity index (χ4n) is 2.99. The molecule has 2 aromatic heterocycles. The smallest absolute Gasteiger partial charge is 0.350 e. The average molecular weight is 396 g/mol. The van der Waals surface area contributed by atoms with E-state index in [0.29, 0.717) is 30.9 Å². The summed E-state index contributed by atoms with van der Waals surface area (Å²) < 4.78 is 8.72. The van der Waals surface area contributed by atoms with Crippen molar-refractivity contribution in [3.05, 3.63) is 64.7 Å². The predicted molar refractivity (Wildman–Crippen MR) is 112 cm³/mol. The van der Waals surface area contributed by atoms with Crippen LogP contribution in [0.3, 0.4) is 0 Å². The summed E-state index contributed by atoms with van der Waals surface area (Å²) in [6.45, 7) is 9.01. The molecule has 1 unspecified atom stereocenters. The molecule has 0 aliphatic carbocycles. The van der Waals surface area contributed by atoms with Gasteiger partial charge in [-0.1, -0.05) is 39.0 Å². The van der Waals surface area contributed by atoms with E-state index in [1.807, 2.05) is 24.3 Å². The zero-order chi connectivity index (χ0) is 21.0. The number of rotatable bonds is 7. The third-order valence-electron chi connectivity index (χ3n) is 4.72. The summed E-state index contributed by atoms with van der Waals surface area (Å²) in [6, 6.07) is 13.2. The molecule has 0 saturated heterocycles. The number of benzene rings is 1. The number of carbonyl (C=O) groups is 1. The molecule has 0 aliphatic rings. The molecule has 0 fully saturated rings. The van der Waals surface area contributed by atoms with Gasteiger partial charge in [0.2, 0.25) is 0 Å². The maximum Gasteiger partial charge on any atom is 0.350 e. The van der Waals surface area contributed by atoms with Gasteiger partial charge >= 0.3 is 5.69 Å². The number of hydrogen-bond donors (Lipinski definition) is 1. The highest BCUT2D eigenvalue weighted by molar-refractivity contribution is 5.80. The molecular weight excluding hydrogens is 368 g/mol. The molecule has 154 valence electrons. The van der Waals surface area contributed by atoms with Crippen molar-refractivity contribution in [1.29, 1.82) is 0 Å². The van der Waals surface area contributed by atoms with E-state index in [2.05, 4.69) is 37.3 Å². The zero-order valence-electron chi connectivity index (χ0n) is 17.4. The molecular formula is C22H28N4O3. The van der Waals surface area contributed by atoms with Gasteiger partial charge in [0.05, 0.1) is 0 Å². The first-order valence-electron chi connectivity index (χ1n) is 9.85. The SMILES string of the molecule is CC(Oc1cccc(C(C)(C)C)c1)C(=O)NCCCn1nc2ccccn2c1=O. The molecule has 0 saturated carbocycles. The normalized spacial score (nSPS) is 12.7. The van der Waals surface area contributed by atoms with Crippen molar-refractivity contribution < 1.29 is 9.53 Å². The number of pyridine rings is 1. The van der Waals surface area contributed by atoms with Crippen LogP contribution in [-0.2, 0) is 16.8 Å². The average Bonchev–Trinajstić information content (AvgIpc) is 3.00. The molecule has 7 nitrogen and oxygen atoms in total. The first-order valence-corrected chi connectivity index (χ1v) is 9.85. The third kappa shape index (κ3) is 5.04. The molecule has 3 rings (SSSR count). The summed E-state index contributed by atoms with van der Waals surface area (Å²) in [7, 11) is 0. The lowest BCUT2D eigenvalue weighted by Crippen LogP contribution is -2.37. The number of hydrogen-bond acceptors (Lipinski definition) is 4. The maximum atomic E-state index is 12.3. The molecule has 0 bridgehead atoms. The second-order valence-corrected chi connectivity index (χ2v) is 8.12. The number of carbonyl (C=O) groups excluding carboxylic acids is 1. The number of nitrogens with one attached hydrogen (secondary N) is 1. The van der Waals surface area contributed by atoms with Gasteiger partial charge in [-0.15, -0.1) is 5.10 Å². The van der Waals surface area contributed by atoms with E-state index in [1.165, 1.54) is 9.08 Å². The van der Waals surface area contributed by atoms with Gasteiger partial charge < -0.3 is 10.1 Å². The van der Waals surface area contributed by atoms with Gasteiger partial charge in [0.1, 0.15) is 5.75 Å². The molecule has 0 aliphatic heterocycles. The van der Waals surface area contributed by atoms with Crippen LogP contribution in [0.15, 0.2) is 53.5 Å². The lowest BCUT2D eigenvalue weighted by atomic mass is 9.87. The summed E-state index contributed by atoms with van der Waals surface area (Å²) in [6.07, 6.45) is 1.68.